The van der Waals surface area contributed by atoms with Crippen molar-refractivity contribution in [1.82, 2.24) is 0 Å². The van der Waals surface area contributed by atoms with Crippen LogP contribution in [0.25, 0.3) is 11.1 Å². The molecule has 0 spiro atoms. The van der Waals surface area contributed by atoms with Crippen molar-refractivity contribution in [3.05, 3.63) is 60.2 Å². The zero-order valence-electron chi connectivity index (χ0n) is 10.7. The van der Waals surface area contributed by atoms with Crippen LogP contribution >= 0.6 is 12.6 Å². The highest BCUT2D eigenvalue weighted by molar-refractivity contribution is 7.80. The fourth-order valence-electron chi connectivity index (χ4n) is 2.24. The van der Waals surface area contributed by atoms with Gasteiger partial charge in [-0.1, -0.05) is 61.0 Å². The van der Waals surface area contributed by atoms with Crippen LogP contribution < -0.4 is 0 Å². The molecule has 0 aliphatic rings. The molecule has 2 aromatic rings. The van der Waals surface area contributed by atoms with Crippen molar-refractivity contribution in [1.29, 1.82) is 0 Å². The van der Waals surface area contributed by atoms with Crippen LogP contribution in [-0.4, -0.2) is 5.75 Å². The van der Waals surface area contributed by atoms with Crippen molar-refractivity contribution >= 4 is 12.6 Å². The largest absolute Gasteiger partial charge is 0.179 e. The van der Waals surface area contributed by atoms with E-state index in [4.69, 9.17) is 0 Å². The van der Waals surface area contributed by atoms with E-state index in [1.54, 1.807) is 0 Å². The first-order valence-corrected chi connectivity index (χ1v) is 7.29. The molecular weight excluding hydrogens is 236 g/mol. The van der Waals surface area contributed by atoms with E-state index in [-0.39, 0.29) is 0 Å². The molecule has 0 saturated heterocycles. The van der Waals surface area contributed by atoms with Crippen LogP contribution in [0.4, 0.5) is 0 Å². The van der Waals surface area contributed by atoms with E-state index in [1.807, 2.05) is 0 Å². The second-order valence-electron chi connectivity index (χ2n) is 4.56. The number of unbranched alkanes of at least 4 members (excludes halogenated alkanes) is 2. The summed E-state index contributed by atoms with van der Waals surface area (Å²) in [6.45, 7) is 0. The molecule has 1 heteroatoms. The van der Waals surface area contributed by atoms with Gasteiger partial charge < -0.3 is 0 Å². The fraction of sp³-hybridized carbons (Fsp3) is 0.294. The first-order valence-electron chi connectivity index (χ1n) is 6.66. The summed E-state index contributed by atoms with van der Waals surface area (Å²) >= 11 is 4.26. The molecule has 0 nitrogen and oxygen atoms in total. The van der Waals surface area contributed by atoms with Crippen LogP contribution in [0.2, 0.25) is 0 Å². The Morgan fingerprint density at radius 2 is 1.44 bits per heavy atom. The Morgan fingerprint density at radius 1 is 0.722 bits per heavy atom. The van der Waals surface area contributed by atoms with Crippen molar-refractivity contribution in [2.24, 2.45) is 0 Å². The van der Waals surface area contributed by atoms with Crippen LogP contribution in [0.1, 0.15) is 24.8 Å². The summed E-state index contributed by atoms with van der Waals surface area (Å²) in [5.74, 6) is 1.00. The van der Waals surface area contributed by atoms with Gasteiger partial charge in [-0.15, -0.1) is 0 Å². The van der Waals surface area contributed by atoms with Crippen molar-refractivity contribution in [2.45, 2.75) is 25.7 Å². The molecule has 0 unspecified atom stereocenters. The van der Waals surface area contributed by atoms with E-state index in [0.29, 0.717) is 0 Å². The summed E-state index contributed by atoms with van der Waals surface area (Å²) in [6, 6.07) is 19.4. The maximum absolute atomic E-state index is 4.26. The van der Waals surface area contributed by atoms with Gasteiger partial charge in [0.2, 0.25) is 0 Å². The Bertz CT molecular complexity index is 462. The summed E-state index contributed by atoms with van der Waals surface area (Å²) < 4.78 is 0. The number of hydrogen-bond donors (Lipinski definition) is 1. The van der Waals surface area contributed by atoms with Crippen LogP contribution in [0.5, 0.6) is 0 Å². The van der Waals surface area contributed by atoms with Crippen molar-refractivity contribution in [2.75, 3.05) is 5.75 Å². The molecule has 18 heavy (non-hydrogen) atoms. The molecule has 0 heterocycles. The lowest BCUT2D eigenvalue weighted by molar-refractivity contribution is 0.724. The normalized spacial score (nSPS) is 10.5. The van der Waals surface area contributed by atoms with Gasteiger partial charge >= 0.3 is 0 Å². The molecule has 0 fully saturated rings. The van der Waals surface area contributed by atoms with Gasteiger partial charge in [0, 0.05) is 0 Å². The molecule has 0 aliphatic carbocycles. The summed E-state index contributed by atoms with van der Waals surface area (Å²) in [4.78, 5) is 0. The van der Waals surface area contributed by atoms with Crippen LogP contribution in [0.3, 0.4) is 0 Å². The maximum atomic E-state index is 4.26. The van der Waals surface area contributed by atoms with E-state index in [9.17, 15) is 0 Å². The average Bonchev–Trinajstić information content (AvgIpc) is 2.45. The van der Waals surface area contributed by atoms with E-state index < -0.39 is 0 Å². The van der Waals surface area contributed by atoms with Crippen LogP contribution in [-0.2, 0) is 6.42 Å². The standard InChI is InChI=1S/C17H20S/c18-14-8-2-5-11-16-12-6-7-13-17(16)15-9-3-1-4-10-15/h1,3-4,6-7,9-10,12-13,18H,2,5,8,11,14H2. The second kappa shape index (κ2) is 7.27. The van der Waals surface area contributed by atoms with E-state index >= 15 is 0 Å². The molecule has 2 rings (SSSR count). The monoisotopic (exact) mass is 256 g/mol. The number of benzene rings is 2. The Kier molecular flexibility index (Phi) is 5.35. The first kappa shape index (κ1) is 13.2. The lowest BCUT2D eigenvalue weighted by Gasteiger charge is -2.09. The Hall–Kier alpha value is -1.21. The van der Waals surface area contributed by atoms with Crippen molar-refractivity contribution < 1.29 is 0 Å². The molecule has 0 N–H and O–H groups in total. The molecule has 0 bridgehead atoms. The molecule has 0 amide bonds. The highest BCUT2D eigenvalue weighted by atomic mass is 32.1. The molecule has 0 aliphatic heterocycles. The topological polar surface area (TPSA) is 0 Å². The molecule has 0 saturated carbocycles. The Morgan fingerprint density at radius 3 is 2.22 bits per heavy atom. The van der Waals surface area contributed by atoms with Gasteiger partial charge in [0.05, 0.1) is 0 Å². The van der Waals surface area contributed by atoms with Gasteiger partial charge in [0.25, 0.3) is 0 Å². The highest BCUT2D eigenvalue weighted by Crippen LogP contribution is 2.24. The third-order valence-corrected chi connectivity index (χ3v) is 3.52. The second-order valence-corrected chi connectivity index (χ2v) is 5.00. The Balaban J connectivity index is 2.11. The lowest BCUT2D eigenvalue weighted by Crippen LogP contribution is -1.91. The molecular formula is C17H20S. The lowest BCUT2D eigenvalue weighted by atomic mass is 9.96. The number of rotatable bonds is 6. The highest BCUT2D eigenvalue weighted by Gasteiger charge is 2.03. The van der Waals surface area contributed by atoms with Crippen molar-refractivity contribution in [3.63, 3.8) is 0 Å². The Labute approximate surface area is 115 Å². The summed E-state index contributed by atoms with van der Waals surface area (Å²) in [7, 11) is 0. The molecule has 0 aromatic heterocycles. The third-order valence-electron chi connectivity index (χ3n) is 3.21. The molecule has 0 radical (unpaired) electrons. The average molecular weight is 256 g/mol. The van der Waals surface area contributed by atoms with Crippen molar-refractivity contribution in [3.8, 4) is 11.1 Å². The maximum Gasteiger partial charge on any atom is -0.00979 e. The number of aryl methyl sites for hydroxylation is 1. The van der Waals surface area contributed by atoms with Gasteiger partial charge in [-0.3, -0.25) is 0 Å². The summed E-state index contributed by atoms with van der Waals surface area (Å²) in [6.07, 6.45) is 4.91. The molecule has 0 atom stereocenters. The zero-order valence-corrected chi connectivity index (χ0v) is 11.6. The van der Waals surface area contributed by atoms with E-state index in [2.05, 4.69) is 67.2 Å². The van der Waals surface area contributed by atoms with Gasteiger partial charge in [-0.05, 0) is 41.7 Å². The smallest absolute Gasteiger partial charge is 0.00979 e. The molecule has 94 valence electrons. The summed E-state index contributed by atoms with van der Waals surface area (Å²) in [5.41, 5.74) is 4.16. The minimum atomic E-state index is 1.00. The van der Waals surface area contributed by atoms with E-state index in [1.165, 1.54) is 42.4 Å². The zero-order chi connectivity index (χ0) is 12.6. The predicted molar refractivity (Wildman–Crippen MR) is 83.3 cm³/mol. The van der Waals surface area contributed by atoms with Gasteiger partial charge in [-0.2, -0.15) is 12.6 Å². The third kappa shape index (κ3) is 3.64. The van der Waals surface area contributed by atoms with Crippen LogP contribution in [0, 0.1) is 0 Å². The van der Waals surface area contributed by atoms with Gasteiger partial charge in [0.15, 0.2) is 0 Å². The van der Waals surface area contributed by atoms with Gasteiger partial charge in [0.1, 0.15) is 0 Å². The summed E-state index contributed by atoms with van der Waals surface area (Å²) in [5, 5.41) is 0. The number of thiol groups is 1. The van der Waals surface area contributed by atoms with Gasteiger partial charge in [-0.25, -0.2) is 0 Å². The SMILES string of the molecule is SCCCCCc1ccccc1-c1ccccc1. The fourth-order valence-corrected chi connectivity index (χ4v) is 2.47. The molecule has 2 aromatic carbocycles. The minimum Gasteiger partial charge on any atom is -0.179 e. The predicted octanol–water partition coefficient (Wildman–Crippen LogP) is 5.00. The van der Waals surface area contributed by atoms with E-state index in [0.717, 1.165) is 5.75 Å². The number of hydrogen-bond acceptors (Lipinski definition) is 1. The minimum absolute atomic E-state index is 1.00. The van der Waals surface area contributed by atoms with Crippen LogP contribution in [0.15, 0.2) is 54.6 Å². The quantitative estimate of drug-likeness (QED) is 0.546. The first-order chi connectivity index (χ1) is 8.92.